The van der Waals surface area contributed by atoms with E-state index in [2.05, 4.69) is 24.5 Å². The molecule has 0 unspecified atom stereocenters. The van der Waals surface area contributed by atoms with Gasteiger partial charge in [0.1, 0.15) is 5.82 Å². The van der Waals surface area contributed by atoms with Crippen molar-refractivity contribution in [1.29, 1.82) is 0 Å². The molecule has 0 radical (unpaired) electrons. The third-order valence-electron chi connectivity index (χ3n) is 3.92. The average molecular weight is 423 g/mol. The van der Waals surface area contributed by atoms with E-state index in [9.17, 15) is 4.79 Å². The van der Waals surface area contributed by atoms with Gasteiger partial charge in [0.25, 0.3) is 5.91 Å². The molecule has 0 aliphatic carbocycles. The summed E-state index contributed by atoms with van der Waals surface area (Å²) in [7, 11) is 0. The van der Waals surface area contributed by atoms with E-state index in [0.717, 1.165) is 32.7 Å². The first kappa shape index (κ1) is 16.1. The summed E-state index contributed by atoms with van der Waals surface area (Å²) in [4.78, 5) is 25.3. The normalized spacial score (nSPS) is 15.4. The molecule has 1 saturated heterocycles. The van der Waals surface area contributed by atoms with E-state index in [4.69, 9.17) is 0 Å². The van der Waals surface area contributed by atoms with Crippen LogP contribution in [0.4, 0.5) is 5.82 Å². The van der Waals surface area contributed by atoms with Gasteiger partial charge in [0, 0.05) is 51.3 Å². The smallest absolute Gasteiger partial charge is 0.257 e. The number of hydrogen-bond acceptors (Lipinski definition) is 5. The zero-order chi connectivity index (χ0) is 16.1. The van der Waals surface area contributed by atoms with Crippen LogP contribution in [0.25, 0.3) is 0 Å². The fraction of sp³-hybridized carbons (Fsp3) is 0.312. The molecule has 0 atom stereocenters. The number of anilines is 1. The molecule has 120 valence electrons. The molecular weight excluding hydrogens is 405 g/mol. The van der Waals surface area contributed by atoms with Crippen LogP contribution in [0.1, 0.15) is 15.9 Å². The lowest BCUT2D eigenvalue weighted by atomic mass is 10.2. The molecule has 0 saturated carbocycles. The maximum atomic E-state index is 12.7. The van der Waals surface area contributed by atoms with E-state index in [-0.39, 0.29) is 5.91 Å². The fourth-order valence-corrected chi connectivity index (χ4v) is 3.11. The lowest BCUT2D eigenvalue weighted by molar-refractivity contribution is 0.0629. The summed E-state index contributed by atoms with van der Waals surface area (Å²) < 4.78 is 2.95. The van der Waals surface area contributed by atoms with Gasteiger partial charge < -0.3 is 8.43 Å². The molecule has 6 nitrogen and oxygen atoms in total. The maximum absolute atomic E-state index is 12.7. The quantitative estimate of drug-likeness (QED) is 0.604. The van der Waals surface area contributed by atoms with Crippen molar-refractivity contribution < 1.29 is 4.79 Å². The van der Waals surface area contributed by atoms with E-state index in [1.165, 1.54) is 5.56 Å². The number of piperazine rings is 1. The maximum Gasteiger partial charge on any atom is 0.257 e. The Labute approximate surface area is 149 Å². The Morgan fingerprint density at radius 3 is 2.65 bits per heavy atom. The van der Waals surface area contributed by atoms with Gasteiger partial charge in [-0.3, -0.25) is 14.7 Å². The molecule has 23 heavy (non-hydrogen) atoms. The molecule has 1 aliphatic heterocycles. The van der Waals surface area contributed by atoms with Gasteiger partial charge in [0.15, 0.2) is 0 Å². The molecular formula is C16H18IN5O. The van der Waals surface area contributed by atoms with E-state index in [0.29, 0.717) is 11.4 Å². The first-order chi connectivity index (χ1) is 11.3. The van der Waals surface area contributed by atoms with Gasteiger partial charge in [-0.2, -0.15) is 0 Å². The van der Waals surface area contributed by atoms with Crippen LogP contribution in [0, 0.1) is 0 Å². The lowest BCUT2D eigenvalue weighted by Gasteiger charge is -2.34. The van der Waals surface area contributed by atoms with Crippen LogP contribution in [0.2, 0.25) is 0 Å². The first-order valence-electron chi connectivity index (χ1n) is 7.50. The van der Waals surface area contributed by atoms with Crippen LogP contribution in [-0.2, 0) is 6.54 Å². The SMILES string of the molecule is O=C(c1cccnc1NI)N1CCN(Cc2cccnc2)CC1. The topological polar surface area (TPSA) is 61.4 Å². The Morgan fingerprint density at radius 1 is 1.17 bits per heavy atom. The van der Waals surface area contributed by atoms with Crippen molar-refractivity contribution in [1.82, 2.24) is 19.8 Å². The van der Waals surface area contributed by atoms with Crippen molar-refractivity contribution in [3.05, 3.63) is 54.0 Å². The van der Waals surface area contributed by atoms with E-state index in [1.807, 2.05) is 46.1 Å². The number of rotatable bonds is 4. The van der Waals surface area contributed by atoms with Crippen molar-refractivity contribution in [2.45, 2.75) is 6.54 Å². The third-order valence-corrected chi connectivity index (χ3v) is 4.43. The van der Waals surface area contributed by atoms with Gasteiger partial charge in [-0.1, -0.05) is 6.07 Å². The fourth-order valence-electron chi connectivity index (χ4n) is 2.68. The monoisotopic (exact) mass is 423 g/mol. The summed E-state index contributed by atoms with van der Waals surface area (Å²) in [5, 5.41) is 0. The molecule has 1 fully saturated rings. The van der Waals surface area contributed by atoms with Gasteiger partial charge in [-0.05, 0) is 23.8 Å². The van der Waals surface area contributed by atoms with Crippen LogP contribution in [-0.4, -0.2) is 51.9 Å². The summed E-state index contributed by atoms with van der Waals surface area (Å²) >= 11 is 2.00. The molecule has 2 aromatic heterocycles. The molecule has 1 N–H and O–H groups in total. The van der Waals surface area contributed by atoms with Crippen molar-refractivity contribution in [2.75, 3.05) is 29.7 Å². The molecule has 2 aromatic rings. The number of nitrogens with zero attached hydrogens (tertiary/aromatic N) is 4. The summed E-state index contributed by atoms with van der Waals surface area (Å²) in [6, 6.07) is 7.65. The second-order valence-electron chi connectivity index (χ2n) is 5.42. The number of hydrogen-bond donors (Lipinski definition) is 1. The van der Waals surface area contributed by atoms with E-state index in [1.54, 1.807) is 18.5 Å². The van der Waals surface area contributed by atoms with Crippen LogP contribution in [0.15, 0.2) is 42.9 Å². The molecule has 0 spiro atoms. The molecule has 7 heteroatoms. The van der Waals surface area contributed by atoms with Crippen molar-refractivity contribution >= 4 is 34.6 Å². The molecule has 3 rings (SSSR count). The first-order valence-corrected chi connectivity index (χ1v) is 8.58. The van der Waals surface area contributed by atoms with Gasteiger partial charge in [0.2, 0.25) is 0 Å². The zero-order valence-electron chi connectivity index (χ0n) is 12.7. The van der Waals surface area contributed by atoms with Gasteiger partial charge in [0.05, 0.1) is 28.4 Å². The molecule has 0 aromatic carbocycles. The highest BCUT2D eigenvalue weighted by Gasteiger charge is 2.24. The minimum absolute atomic E-state index is 0.0401. The summed E-state index contributed by atoms with van der Waals surface area (Å²) in [6.45, 7) is 4.08. The number of amides is 1. The number of carbonyl (C=O) groups is 1. The Kier molecular flexibility index (Phi) is 5.39. The largest absolute Gasteiger partial charge is 0.336 e. The second-order valence-corrected chi connectivity index (χ2v) is 5.96. The average Bonchev–Trinajstić information content (AvgIpc) is 2.62. The number of aromatic nitrogens is 2. The third kappa shape index (κ3) is 3.97. The Hall–Kier alpha value is -1.74. The Bertz CT molecular complexity index is 659. The molecule has 1 aliphatic rings. The minimum Gasteiger partial charge on any atom is -0.336 e. The van der Waals surface area contributed by atoms with Crippen LogP contribution >= 0.6 is 22.9 Å². The summed E-state index contributed by atoms with van der Waals surface area (Å²) in [6.07, 6.45) is 5.36. The van der Waals surface area contributed by atoms with Gasteiger partial charge >= 0.3 is 0 Å². The molecule has 3 heterocycles. The van der Waals surface area contributed by atoms with Crippen LogP contribution in [0.5, 0.6) is 0 Å². The van der Waals surface area contributed by atoms with Crippen LogP contribution in [0.3, 0.4) is 0 Å². The van der Waals surface area contributed by atoms with E-state index < -0.39 is 0 Å². The van der Waals surface area contributed by atoms with Crippen molar-refractivity contribution in [2.24, 2.45) is 0 Å². The van der Waals surface area contributed by atoms with Crippen LogP contribution < -0.4 is 3.53 Å². The van der Waals surface area contributed by atoms with E-state index >= 15 is 0 Å². The lowest BCUT2D eigenvalue weighted by Crippen LogP contribution is -2.48. The summed E-state index contributed by atoms with van der Waals surface area (Å²) in [5.41, 5.74) is 1.83. The number of pyridine rings is 2. The highest BCUT2D eigenvalue weighted by molar-refractivity contribution is 14.1. The van der Waals surface area contributed by atoms with Gasteiger partial charge in [-0.25, -0.2) is 4.98 Å². The Balaban J connectivity index is 1.59. The number of halogens is 1. The zero-order valence-corrected chi connectivity index (χ0v) is 14.8. The number of carbonyl (C=O) groups excluding carboxylic acids is 1. The predicted octanol–water partition coefficient (Wildman–Crippen LogP) is 2.20. The minimum atomic E-state index is 0.0401. The molecule has 1 amide bonds. The highest BCUT2D eigenvalue weighted by atomic mass is 127. The van der Waals surface area contributed by atoms with Crippen molar-refractivity contribution in [3.63, 3.8) is 0 Å². The summed E-state index contributed by atoms with van der Waals surface area (Å²) in [5.74, 6) is 0.661. The van der Waals surface area contributed by atoms with Gasteiger partial charge in [-0.15, -0.1) is 0 Å². The standard InChI is InChI=1S/C16H18IN5O/c17-20-15-14(4-2-6-19-15)16(23)22-9-7-21(8-10-22)12-13-3-1-5-18-11-13/h1-6,11H,7-10,12H2,(H,19,20). The molecule has 0 bridgehead atoms. The predicted molar refractivity (Wildman–Crippen MR) is 97.3 cm³/mol. The number of nitrogens with one attached hydrogen (secondary N) is 1. The highest BCUT2D eigenvalue weighted by Crippen LogP contribution is 2.17. The Morgan fingerprint density at radius 2 is 1.96 bits per heavy atom. The second kappa shape index (κ2) is 7.69. The van der Waals surface area contributed by atoms with Crippen molar-refractivity contribution in [3.8, 4) is 0 Å².